The van der Waals surface area contributed by atoms with E-state index in [2.05, 4.69) is 21.3 Å². The molecule has 1 fully saturated rings. The van der Waals surface area contributed by atoms with Gasteiger partial charge in [0.15, 0.2) is 0 Å². The third kappa shape index (κ3) is 3.82. The predicted molar refractivity (Wildman–Crippen MR) is 99.5 cm³/mol. The molecule has 0 bridgehead atoms. The minimum atomic E-state index is -4.33. The van der Waals surface area contributed by atoms with E-state index < -0.39 is 11.7 Å². The summed E-state index contributed by atoms with van der Waals surface area (Å²) in [4.78, 5) is 6.85. The zero-order valence-electron chi connectivity index (χ0n) is 14.7. The molecule has 4 rings (SSSR count). The summed E-state index contributed by atoms with van der Waals surface area (Å²) in [6, 6.07) is 15.3. The maximum Gasteiger partial charge on any atom is 0.416 e. The maximum absolute atomic E-state index is 12.9. The number of fused-ring (bicyclic) bond motifs is 1. The summed E-state index contributed by atoms with van der Waals surface area (Å²) in [6.07, 6.45) is -2.49. The highest BCUT2D eigenvalue weighted by atomic mass is 19.4. The first-order valence-corrected chi connectivity index (χ1v) is 8.99. The fraction of sp³-hybridized carbons (Fsp3) is 0.286. The molecule has 1 N–H and O–H groups in total. The molecule has 6 heteroatoms. The number of aromatic nitrogens is 1. The van der Waals surface area contributed by atoms with Crippen LogP contribution < -0.4 is 5.32 Å². The molecule has 27 heavy (non-hydrogen) atoms. The van der Waals surface area contributed by atoms with E-state index in [0.29, 0.717) is 0 Å². The molecular formula is C21H20F3N3. The summed E-state index contributed by atoms with van der Waals surface area (Å²) in [5.74, 6) is 0. The highest BCUT2D eigenvalue weighted by molar-refractivity contribution is 5.79. The fourth-order valence-corrected chi connectivity index (χ4v) is 3.65. The number of benzene rings is 2. The first kappa shape index (κ1) is 17.9. The summed E-state index contributed by atoms with van der Waals surface area (Å²) in [5.41, 5.74) is 2.13. The van der Waals surface area contributed by atoms with Crippen LogP contribution in [0.1, 0.15) is 22.7 Å². The second-order valence-electron chi connectivity index (χ2n) is 6.77. The topological polar surface area (TPSA) is 28.2 Å². The summed E-state index contributed by atoms with van der Waals surface area (Å²) in [7, 11) is 0. The average molecular weight is 371 g/mol. The molecule has 1 aromatic heterocycles. The van der Waals surface area contributed by atoms with Gasteiger partial charge in [-0.3, -0.25) is 9.88 Å². The van der Waals surface area contributed by atoms with Crippen LogP contribution in [0.4, 0.5) is 13.2 Å². The first-order chi connectivity index (χ1) is 13.0. The van der Waals surface area contributed by atoms with E-state index in [1.54, 1.807) is 12.1 Å². The van der Waals surface area contributed by atoms with Gasteiger partial charge in [0, 0.05) is 37.8 Å². The van der Waals surface area contributed by atoms with Gasteiger partial charge in [0.2, 0.25) is 0 Å². The van der Waals surface area contributed by atoms with Crippen LogP contribution in [0.3, 0.4) is 0 Å². The molecule has 0 spiro atoms. The third-order valence-corrected chi connectivity index (χ3v) is 5.00. The van der Waals surface area contributed by atoms with Crippen LogP contribution in [0.2, 0.25) is 0 Å². The molecule has 0 aliphatic carbocycles. The Morgan fingerprint density at radius 3 is 2.33 bits per heavy atom. The Bertz CT molecular complexity index is 916. The summed E-state index contributed by atoms with van der Waals surface area (Å²) < 4.78 is 38.8. The molecule has 2 aromatic carbocycles. The van der Waals surface area contributed by atoms with Gasteiger partial charge in [0.1, 0.15) is 0 Å². The molecule has 3 aromatic rings. The fourth-order valence-electron chi connectivity index (χ4n) is 3.65. The summed E-state index contributed by atoms with van der Waals surface area (Å²) in [5, 5.41) is 4.35. The van der Waals surface area contributed by atoms with Crippen molar-refractivity contribution in [1.29, 1.82) is 0 Å². The van der Waals surface area contributed by atoms with Crippen molar-refractivity contribution in [2.45, 2.75) is 12.2 Å². The number of para-hydroxylation sites is 1. The standard InChI is InChI=1S/C21H20F3N3/c22-21(23,24)18-7-5-15(6-8-18)20(27-11-9-25-10-12-27)17-13-16-3-1-2-4-19(16)26-14-17/h1-8,13-14,20,25H,9-12H2. The summed E-state index contributed by atoms with van der Waals surface area (Å²) in [6.45, 7) is 3.38. The number of hydrogen-bond acceptors (Lipinski definition) is 3. The molecule has 140 valence electrons. The zero-order chi connectivity index (χ0) is 18.9. The maximum atomic E-state index is 12.9. The molecular weight excluding hydrogens is 351 g/mol. The average Bonchev–Trinajstić information content (AvgIpc) is 2.69. The van der Waals surface area contributed by atoms with E-state index in [4.69, 9.17) is 0 Å². The van der Waals surface area contributed by atoms with Gasteiger partial charge in [-0.1, -0.05) is 30.3 Å². The smallest absolute Gasteiger partial charge is 0.314 e. The lowest BCUT2D eigenvalue weighted by Crippen LogP contribution is -2.45. The summed E-state index contributed by atoms with van der Waals surface area (Å²) >= 11 is 0. The number of piperazine rings is 1. The number of pyridine rings is 1. The van der Waals surface area contributed by atoms with Gasteiger partial charge >= 0.3 is 6.18 Å². The zero-order valence-corrected chi connectivity index (χ0v) is 14.7. The number of rotatable bonds is 3. The Morgan fingerprint density at radius 1 is 0.926 bits per heavy atom. The van der Waals surface area contributed by atoms with Crippen molar-refractivity contribution in [1.82, 2.24) is 15.2 Å². The SMILES string of the molecule is FC(F)(F)c1ccc(C(c2cnc3ccccc3c2)N2CCNCC2)cc1. The number of alkyl halides is 3. The molecule has 0 amide bonds. The van der Waals surface area contributed by atoms with E-state index >= 15 is 0 Å². The minimum Gasteiger partial charge on any atom is -0.314 e. The van der Waals surface area contributed by atoms with Gasteiger partial charge in [0.05, 0.1) is 17.1 Å². The van der Waals surface area contributed by atoms with Crippen molar-refractivity contribution in [2.75, 3.05) is 26.2 Å². The molecule has 1 unspecified atom stereocenters. The Kier molecular flexibility index (Phi) is 4.85. The van der Waals surface area contributed by atoms with Gasteiger partial charge in [-0.2, -0.15) is 13.2 Å². The van der Waals surface area contributed by atoms with E-state index in [0.717, 1.165) is 48.2 Å². The van der Waals surface area contributed by atoms with Crippen molar-refractivity contribution in [3.05, 3.63) is 77.5 Å². The van der Waals surface area contributed by atoms with Crippen molar-refractivity contribution in [3.63, 3.8) is 0 Å². The molecule has 0 saturated carbocycles. The monoisotopic (exact) mass is 371 g/mol. The van der Waals surface area contributed by atoms with E-state index in [1.807, 2.05) is 30.5 Å². The molecule has 0 radical (unpaired) electrons. The van der Waals surface area contributed by atoms with Gasteiger partial charge < -0.3 is 5.32 Å². The second-order valence-corrected chi connectivity index (χ2v) is 6.77. The molecule has 1 saturated heterocycles. The molecule has 2 heterocycles. The van der Waals surface area contributed by atoms with Gasteiger partial charge in [0.25, 0.3) is 0 Å². The molecule has 1 aliphatic heterocycles. The van der Waals surface area contributed by atoms with Crippen molar-refractivity contribution >= 4 is 10.9 Å². The molecule has 1 aliphatic rings. The van der Waals surface area contributed by atoms with E-state index in [1.165, 1.54) is 12.1 Å². The highest BCUT2D eigenvalue weighted by Crippen LogP contribution is 2.34. The number of halogens is 3. The van der Waals surface area contributed by atoms with Crippen LogP contribution in [0, 0.1) is 0 Å². The number of hydrogen-bond donors (Lipinski definition) is 1. The normalized spacial score (nSPS) is 17.1. The third-order valence-electron chi connectivity index (χ3n) is 5.00. The quantitative estimate of drug-likeness (QED) is 0.746. The largest absolute Gasteiger partial charge is 0.416 e. The van der Waals surface area contributed by atoms with E-state index in [9.17, 15) is 13.2 Å². The molecule has 1 atom stereocenters. The predicted octanol–water partition coefficient (Wildman–Crippen LogP) is 4.25. The van der Waals surface area contributed by atoms with E-state index in [-0.39, 0.29) is 6.04 Å². The van der Waals surface area contributed by atoms with Crippen LogP contribution in [0.25, 0.3) is 10.9 Å². The van der Waals surface area contributed by atoms with Crippen molar-refractivity contribution in [2.24, 2.45) is 0 Å². The van der Waals surface area contributed by atoms with Crippen LogP contribution in [-0.4, -0.2) is 36.1 Å². The highest BCUT2D eigenvalue weighted by Gasteiger charge is 2.31. The van der Waals surface area contributed by atoms with Crippen LogP contribution in [-0.2, 0) is 6.18 Å². The Morgan fingerprint density at radius 2 is 1.63 bits per heavy atom. The Labute approximate surface area is 155 Å². The number of nitrogens with zero attached hydrogens (tertiary/aromatic N) is 2. The lowest BCUT2D eigenvalue weighted by Gasteiger charge is -2.35. The van der Waals surface area contributed by atoms with Crippen LogP contribution >= 0.6 is 0 Å². The Hall–Kier alpha value is -2.44. The van der Waals surface area contributed by atoms with Crippen molar-refractivity contribution in [3.8, 4) is 0 Å². The lowest BCUT2D eigenvalue weighted by atomic mass is 9.95. The first-order valence-electron chi connectivity index (χ1n) is 8.99. The number of nitrogens with one attached hydrogen (secondary N) is 1. The lowest BCUT2D eigenvalue weighted by molar-refractivity contribution is -0.137. The van der Waals surface area contributed by atoms with Gasteiger partial charge in [-0.25, -0.2) is 0 Å². The van der Waals surface area contributed by atoms with Crippen molar-refractivity contribution < 1.29 is 13.2 Å². The molecule has 3 nitrogen and oxygen atoms in total. The Balaban J connectivity index is 1.76. The second kappa shape index (κ2) is 7.29. The minimum absolute atomic E-state index is 0.119. The van der Waals surface area contributed by atoms with Gasteiger partial charge in [-0.15, -0.1) is 0 Å². The van der Waals surface area contributed by atoms with Crippen LogP contribution in [0.5, 0.6) is 0 Å². The van der Waals surface area contributed by atoms with Gasteiger partial charge in [-0.05, 0) is 35.4 Å². The van der Waals surface area contributed by atoms with Crippen LogP contribution in [0.15, 0.2) is 60.8 Å².